The lowest BCUT2D eigenvalue weighted by Crippen LogP contribution is -2.23. The molecule has 1 rings (SSSR count). The molecule has 0 heterocycles. The third-order valence-electron chi connectivity index (χ3n) is 2.29. The predicted molar refractivity (Wildman–Crippen MR) is 61.6 cm³/mol. The SMILES string of the molecule is O=C(c1ccc(C(O)C(O)CBr)cc1)C(F)(F)F. The third kappa shape index (κ3) is 3.54. The molecule has 2 N–H and O–H groups in total. The molecule has 0 amide bonds. The number of halogens is 4. The van der Waals surface area contributed by atoms with E-state index in [0.717, 1.165) is 12.1 Å². The molecule has 3 nitrogen and oxygen atoms in total. The fraction of sp³-hybridized carbons (Fsp3) is 0.364. The molecule has 18 heavy (non-hydrogen) atoms. The smallest absolute Gasteiger partial charge is 0.389 e. The molecule has 0 aliphatic carbocycles. The Morgan fingerprint density at radius 1 is 1.22 bits per heavy atom. The van der Waals surface area contributed by atoms with E-state index in [0.29, 0.717) is 0 Å². The summed E-state index contributed by atoms with van der Waals surface area (Å²) >= 11 is 2.96. The molecule has 1 aromatic rings. The normalized spacial score (nSPS) is 15.2. The molecule has 7 heteroatoms. The topological polar surface area (TPSA) is 57.5 Å². The summed E-state index contributed by atoms with van der Waals surface area (Å²) < 4.78 is 36.4. The van der Waals surface area contributed by atoms with Crippen molar-refractivity contribution in [1.29, 1.82) is 0 Å². The van der Waals surface area contributed by atoms with Crippen LogP contribution in [0, 0.1) is 0 Å². The Kier molecular flexibility index (Phi) is 4.89. The van der Waals surface area contributed by atoms with E-state index in [4.69, 9.17) is 0 Å². The number of carbonyl (C=O) groups is 1. The standard InChI is InChI=1S/C11H10BrF3O3/c12-5-8(16)9(17)6-1-3-7(4-2-6)10(18)11(13,14)15/h1-4,8-9,16-17H,5H2. The summed E-state index contributed by atoms with van der Waals surface area (Å²) in [6, 6.07) is 4.29. The zero-order chi connectivity index (χ0) is 13.9. The molecular weight excluding hydrogens is 317 g/mol. The second kappa shape index (κ2) is 5.81. The molecule has 0 aliphatic heterocycles. The summed E-state index contributed by atoms with van der Waals surface area (Å²) in [5, 5.41) is 19.1. The molecule has 0 spiro atoms. The van der Waals surface area contributed by atoms with Gasteiger partial charge < -0.3 is 10.2 Å². The monoisotopic (exact) mass is 326 g/mol. The maximum Gasteiger partial charge on any atom is 0.454 e. The lowest BCUT2D eigenvalue weighted by atomic mass is 10.0. The summed E-state index contributed by atoms with van der Waals surface area (Å²) in [7, 11) is 0. The zero-order valence-corrected chi connectivity index (χ0v) is 10.6. The van der Waals surface area contributed by atoms with Crippen molar-refractivity contribution in [2.75, 3.05) is 5.33 Å². The van der Waals surface area contributed by atoms with Gasteiger partial charge in [0.2, 0.25) is 0 Å². The van der Waals surface area contributed by atoms with Gasteiger partial charge in [-0.3, -0.25) is 4.79 Å². The predicted octanol–water partition coefficient (Wildman–Crippen LogP) is 2.22. The van der Waals surface area contributed by atoms with Crippen molar-refractivity contribution in [3.05, 3.63) is 35.4 Å². The number of aliphatic hydroxyl groups excluding tert-OH is 2. The van der Waals surface area contributed by atoms with E-state index in [2.05, 4.69) is 15.9 Å². The van der Waals surface area contributed by atoms with Crippen LogP contribution < -0.4 is 0 Å². The lowest BCUT2D eigenvalue weighted by Gasteiger charge is -2.16. The highest BCUT2D eigenvalue weighted by Gasteiger charge is 2.39. The zero-order valence-electron chi connectivity index (χ0n) is 8.99. The minimum Gasteiger partial charge on any atom is -0.389 e. The molecule has 0 saturated carbocycles. The minimum absolute atomic E-state index is 0.122. The second-order valence-electron chi connectivity index (χ2n) is 3.62. The molecule has 0 aromatic heterocycles. The van der Waals surface area contributed by atoms with Gasteiger partial charge in [0, 0.05) is 10.9 Å². The molecule has 2 unspecified atom stereocenters. The average molecular weight is 327 g/mol. The van der Waals surface area contributed by atoms with Crippen LogP contribution in [0.25, 0.3) is 0 Å². The molecule has 0 fully saturated rings. The number of hydrogen-bond donors (Lipinski definition) is 2. The van der Waals surface area contributed by atoms with E-state index >= 15 is 0 Å². The number of alkyl halides is 4. The van der Waals surface area contributed by atoms with Crippen LogP contribution in [0.3, 0.4) is 0 Å². The Hall–Kier alpha value is -0.920. The Morgan fingerprint density at radius 2 is 1.72 bits per heavy atom. The van der Waals surface area contributed by atoms with Crippen LogP contribution in [0.4, 0.5) is 13.2 Å². The van der Waals surface area contributed by atoms with Crippen LogP contribution in [0.1, 0.15) is 22.0 Å². The van der Waals surface area contributed by atoms with Gasteiger partial charge in [-0.25, -0.2) is 0 Å². The summed E-state index contributed by atoms with van der Waals surface area (Å²) in [6.07, 6.45) is -7.22. The highest BCUT2D eigenvalue weighted by Crippen LogP contribution is 2.23. The molecule has 0 aliphatic rings. The molecule has 100 valence electrons. The fourth-order valence-corrected chi connectivity index (χ4v) is 1.66. The first-order valence-electron chi connectivity index (χ1n) is 4.91. The number of ketones is 1. The number of Topliss-reactive ketones (excluding diaryl/α,β-unsaturated/α-hetero) is 1. The summed E-state index contributed by atoms with van der Waals surface area (Å²) in [6.45, 7) is 0. The van der Waals surface area contributed by atoms with Gasteiger partial charge in [0.25, 0.3) is 5.78 Å². The number of benzene rings is 1. The average Bonchev–Trinajstić information content (AvgIpc) is 2.35. The fourth-order valence-electron chi connectivity index (χ4n) is 1.30. The Balaban J connectivity index is 2.90. The molecule has 2 atom stereocenters. The van der Waals surface area contributed by atoms with Gasteiger partial charge in [0.05, 0.1) is 6.10 Å². The Morgan fingerprint density at radius 3 is 2.11 bits per heavy atom. The molecule has 1 aromatic carbocycles. The van der Waals surface area contributed by atoms with Crippen LogP contribution in [0.2, 0.25) is 0 Å². The van der Waals surface area contributed by atoms with Gasteiger partial charge in [-0.05, 0) is 5.56 Å². The van der Waals surface area contributed by atoms with Crippen molar-refractivity contribution in [3.63, 3.8) is 0 Å². The number of carbonyl (C=O) groups excluding carboxylic acids is 1. The highest BCUT2D eigenvalue weighted by atomic mass is 79.9. The largest absolute Gasteiger partial charge is 0.454 e. The maximum absolute atomic E-state index is 12.1. The van der Waals surface area contributed by atoms with Gasteiger partial charge in [0.1, 0.15) is 6.10 Å². The van der Waals surface area contributed by atoms with Gasteiger partial charge in [0.15, 0.2) is 0 Å². The molecular formula is C11H10BrF3O3. The van der Waals surface area contributed by atoms with Crippen molar-refractivity contribution in [1.82, 2.24) is 0 Å². The first-order chi connectivity index (χ1) is 8.27. The highest BCUT2D eigenvalue weighted by molar-refractivity contribution is 9.09. The second-order valence-corrected chi connectivity index (χ2v) is 4.26. The Bertz CT molecular complexity index is 417. The van der Waals surface area contributed by atoms with Crippen LogP contribution in [-0.4, -0.2) is 33.6 Å². The van der Waals surface area contributed by atoms with Crippen LogP contribution in [-0.2, 0) is 0 Å². The van der Waals surface area contributed by atoms with Crippen molar-refractivity contribution in [3.8, 4) is 0 Å². The summed E-state index contributed by atoms with van der Waals surface area (Å²) in [5.74, 6) is -1.94. The van der Waals surface area contributed by atoms with E-state index in [1.165, 1.54) is 12.1 Å². The number of aliphatic hydroxyl groups is 2. The van der Waals surface area contributed by atoms with Gasteiger partial charge >= 0.3 is 6.18 Å². The van der Waals surface area contributed by atoms with E-state index in [1.807, 2.05) is 0 Å². The van der Waals surface area contributed by atoms with Crippen LogP contribution in [0.15, 0.2) is 24.3 Å². The summed E-state index contributed by atoms with van der Waals surface area (Å²) in [5.41, 5.74) is -0.271. The molecule has 0 saturated heterocycles. The van der Waals surface area contributed by atoms with Crippen LogP contribution in [0.5, 0.6) is 0 Å². The lowest BCUT2D eigenvalue weighted by molar-refractivity contribution is -0.0885. The van der Waals surface area contributed by atoms with Crippen molar-refractivity contribution in [2.24, 2.45) is 0 Å². The van der Waals surface area contributed by atoms with E-state index < -0.39 is 29.7 Å². The molecule has 0 radical (unpaired) electrons. The number of rotatable bonds is 4. The molecule has 0 bridgehead atoms. The number of hydrogen-bond acceptors (Lipinski definition) is 3. The van der Waals surface area contributed by atoms with E-state index in [-0.39, 0.29) is 10.9 Å². The van der Waals surface area contributed by atoms with Crippen molar-refractivity contribution in [2.45, 2.75) is 18.4 Å². The van der Waals surface area contributed by atoms with Crippen LogP contribution >= 0.6 is 15.9 Å². The summed E-state index contributed by atoms with van der Waals surface area (Å²) in [4.78, 5) is 10.9. The first kappa shape index (κ1) is 15.1. The maximum atomic E-state index is 12.1. The van der Waals surface area contributed by atoms with Gasteiger partial charge in [-0.2, -0.15) is 13.2 Å². The first-order valence-corrected chi connectivity index (χ1v) is 6.03. The van der Waals surface area contributed by atoms with Crippen molar-refractivity contribution >= 4 is 21.7 Å². The third-order valence-corrected chi connectivity index (χ3v) is 2.96. The minimum atomic E-state index is -4.92. The van der Waals surface area contributed by atoms with Gasteiger partial charge in [-0.15, -0.1) is 0 Å². The van der Waals surface area contributed by atoms with Gasteiger partial charge in [-0.1, -0.05) is 40.2 Å². The van der Waals surface area contributed by atoms with Crippen molar-refractivity contribution < 1.29 is 28.2 Å². The van der Waals surface area contributed by atoms with E-state index in [1.54, 1.807) is 0 Å². The quantitative estimate of drug-likeness (QED) is 0.659. The van der Waals surface area contributed by atoms with E-state index in [9.17, 15) is 28.2 Å². The Labute approximate surface area is 109 Å².